The van der Waals surface area contributed by atoms with Crippen LogP contribution in [-0.4, -0.2) is 17.5 Å². The Morgan fingerprint density at radius 2 is 2.27 bits per heavy atom. The van der Waals surface area contributed by atoms with Crippen LogP contribution in [0.4, 0.5) is 0 Å². The molecule has 0 spiro atoms. The first-order valence-electron chi connectivity index (χ1n) is 5.38. The van der Waals surface area contributed by atoms with Gasteiger partial charge in [-0.1, -0.05) is 12.3 Å². The van der Waals surface area contributed by atoms with Gasteiger partial charge in [0.1, 0.15) is 0 Å². The van der Waals surface area contributed by atoms with Gasteiger partial charge in [0.15, 0.2) is 0 Å². The van der Waals surface area contributed by atoms with Crippen LogP contribution in [0.3, 0.4) is 0 Å². The van der Waals surface area contributed by atoms with E-state index in [1.165, 1.54) is 0 Å². The second-order valence-electron chi connectivity index (χ2n) is 5.14. The van der Waals surface area contributed by atoms with Gasteiger partial charge in [0.05, 0.1) is 11.0 Å². The predicted molar refractivity (Wildman–Crippen MR) is 61.0 cm³/mol. The fourth-order valence-corrected chi connectivity index (χ4v) is 1.94. The number of carbonyl (C=O) groups excluding carboxylic acids is 1. The maximum atomic E-state index is 12.1. The van der Waals surface area contributed by atoms with Gasteiger partial charge in [-0.3, -0.25) is 4.79 Å². The van der Waals surface area contributed by atoms with Crippen molar-refractivity contribution in [2.75, 3.05) is 0 Å². The Morgan fingerprint density at radius 3 is 2.67 bits per heavy atom. The Hall–Kier alpha value is -1.01. The lowest BCUT2D eigenvalue weighted by molar-refractivity contribution is -0.131. The smallest absolute Gasteiger partial charge is 0.228 e. The van der Waals surface area contributed by atoms with Crippen molar-refractivity contribution in [3.8, 4) is 12.3 Å². The second kappa shape index (κ2) is 3.86. The average Bonchev–Trinajstić information content (AvgIpc) is 2.48. The van der Waals surface area contributed by atoms with E-state index in [4.69, 9.17) is 12.2 Å². The third kappa shape index (κ3) is 2.32. The van der Waals surface area contributed by atoms with E-state index in [0.29, 0.717) is 0 Å². The quantitative estimate of drug-likeness (QED) is 0.666. The van der Waals surface area contributed by atoms with E-state index < -0.39 is 11.0 Å². The number of hydrogen-bond acceptors (Lipinski definition) is 2. The Kier molecular flexibility index (Phi) is 3.11. The molecular formula is C12H20N2O. The van der Waals surface area contributed by atoms with Gasteiger partial charge in [-0.2, -0.15) is 0 Å². The second-order valence-corrected chi connectivity index (χ2v) is 5.14. The Bertz CT molecular complexity index is 303. The van der Waals surface area contributed by atoms with E-state index in [2.05, 4.69) is 11.2 Å². The molecule has 1 aliphatic carbocycles. The largest absolute Gasteiger partial charge is 0.340 e. The summed E-state index contributed by atoms with van der Waals surface area (Å²) in [6, 6.07) is -0.0499. The first-order chi connectivity index (χ1) is 6.82. The first kappa shape index (κ1) is 12.1. The normalized spacial score (nSPS) is 31.0. The molecule has 1 aliphatic rings. The Balaban J connectivity index is 2.74. The van der Waals surface area contributed by atoms with Gasteiger partial charge in [0.25, 0.3) is 0 Å². The molecule has 0 aliphatic heterocycles. The van der Waals surface area contributed by atoms with Crippen LogP contribution in [0.25, 0.3) is 0 Å². The van der Waals surface area contributed by atoms with Gasteiger partial charge in [-0.15, -0.1) is 6.42 Å². The van der Waals surface area contributed by atoms with Crippen molar-refractivity contribution in [1.82, 2.24) is 5.32 Å². The molecule has 1 fully saturated rings. The number of amides is 1. The van der Waals surface area contributed by atoms with E-state index in [-0.39, 0.29) is 11.9 Å². The van der Waals surface area contributed by atoms with Crippen LogP contribution >= 0.6 is 0 Å². The van der Waals surface area contributed by atoms with Gasteiger partial charge < -0.3 is 11.1 Å². The molecule has 84 valence electrons. The van der Waals surface area contributed by atoms with Crippen molar-refractivity contribution in [3.63, 3.8) is 0 Å². The number of terminal acetylenes is 1. The number of nitrogens with one attached hydrogen (secondary N) is 1. The summed E-state index contributed by atoms with van der Waals surface area (Å²) in [6.07, 6.45) is 8.12. The lowest BCUT2D eigenvalue weighted by atomic mass is 9.83. The van der Waals surface area contributed by atoms with Gasteiger partial charge >= 0.3 is 0 Å². The highest BCUT2D eigenvalue weighted by Crippen LogP contribution is 2.37. The maximum Gasteiger partial charge on any atom is 0.228 e. The highest BCUT2D eigenvalue weighted by atomic mass is 16.2. The zero-order valence-corrected chi connectivity index (χ0v) is 9.76. The van der Waals surface area contributed by atoms with Crippen LogP contribution < -0.4 is 11.1 Å². The van der Waals surface area contributed by atoms with Crippen molar-refractivity contribution < 1.29 is 4.79 Å². The van der Waals surface area contributed by atoms with Crippen molar-refractivity contribution in [2.24, 2.45) is 11.1 Å². The summed E-state index contributed by atoms with van der Waals surface area (Å²) in [5.41, 5.74) is 4.92. The third-order valence-corrected chi connectivity index (χ3v) is 3.34. The fourth-order valence-electron chi connectivity index (χ4n) is 1.94. The van der Waals surface area contributed by atoms with Crippen LogP contribution in [-0.2, 0) is 4.79 Å². The lowest BCUT2D eigenvalue weighted by Crippen LogP contribution is -2.53. The summed E-state index contributed by atoms with van der Waals surface area (Å²) >= 11 is 0. The maximum absolute atomic E-state index is 12.1. The van der Waals surface area contributed by atoms with E-state index >= 15 is 0 Å². The molecule has 0 heterocycles. The fraction of sp³-hybridized carbons (Fsp3) is 0.750. The number of hydrogen-bond donors (Lipinski definition) is 2. The average molecular weight is 208 g/mol. The summed E-state index contributed by atoms with van der Waals surface area (Å²) in [5.74, 6) is 2.54. The van der Waals surface area contributed by atoms with Crippen LogP contribution in [0, 0.1) is 17.8 Å². The van der Waals surface area contributed by atoms with Crippen LogP contribution in [0.5, 0.6) is 0 Å². The van der Waals surface area contributed by atoms with Gasteiger partial charge in [-0.25, -0.2) is 0 Å². The Labute approximate surface area is 91.8 Å². The van der Waals surface area contributed by atoms with Gasteiger partial charge in [0.2, 0.25) is 5.91 Å². The number of rotatable bonds is 2. The van der Waals surface area contributed by atoms with E-state index in [9.17, 15) is 4.79 Å². The Morgan fingerprint density at radius 1 is 1.67 bits per heavy atom. The van der Waals surface area contributed by atoms with E-state index in [1.54, 1.807) is 0 Å². The molecule has 3 nitrogen and oxygen atoms in total. The molecule has 2 unspecified atom stereocenters. The number of carbonyl (C=O) groups is 1. The van der Waals surface area contributed by atoms with Crippen molar-refractivity contribution >= 4 is 5.91 Å². The molecule has 3 heteroatoms. The topological polar surface area (TPSA) is 55.1 Å². The molecule has 0 saturated heterocycles. The summed E-state index contributed by atoms with van der Waals surface area (Å²) < 4.78 is 0. The minimum Gasteiger partial charge on any atom is -0.340 e. The summed E-state index contributed by atoms with van der Waals surface area (Å²) in [4.78, 5) is 12.1. The van der Waals surface area contributed by atoms with Crippen molar-refractivity contribution in [3.05, 3.63) is 0 Å². The van der Waals surface area contributed by atoms with E-state index in [1.807, 2.05) is 20.8 Å². The molecule has 1 rings (SSSR count). The summed E-state index contributed by atoms with van der Waals surface area (Å²) in [7, 11) is 0. The SMILES string of the molecule is C#CC(C)(C)NC(=O)C1(C)CCCC1N. The minimum atomic E-state index is -0.595. The van der Waals surface area contributed by atoms with Gasteiger partial charge in [-0.05, 0) is 33.6 Å². The summed E-state index contributed by atoms with van der Waals surface area (Å²) in [5, 5.41) is 2.86. The molecule has 1 amide bonds. The monoisotopic (exact) mass is 208 g/mol. The molecule has 15 heavy (non-hydrogen) atoms. The lowest BCUT2D eigenvalue weighted by Gasteiger charge is -2.31. The van der Waals surface area contributed by atoms with Crippen molar-refractivity contribution in [1.29, 1.82) is 0 Å². The molecule has 0 radical (unpaired) electrons. The minimum absolute atomic E-state index is 0.0181. The third-order valence-electron chi connectivity index (χ3n) is 3.34. The molecule has 2 atom stereocenters. The standard InChI is InChI=1S/C12H20N2O/c1-5-11(2,3)14-10(15)12(4)8-6-7-9(12)13/h1,9H,6-8,13H2,2-4H3,(H,14,15). The highest BCUT2D eigenvalue weighted by molar-refractivity contribution is 5.84. The highest BCUT2D eigenvalue weighted by Gasteiger charge is 2.44. The molecule has 3 N–H and O–H groups in total. The first-order valence-corrected chi connectivity index (χ1v) is 5.38. The predicted octanol–water partition coefficient (Wildman–Crippen LogP) is 1.03. The molecule has 0 bridgehead atoms. The number of nitrogens with two attached hydrogens (primary N) is 1. The van der Waals surface area contributed by atoms with Crippen molar-refractivity contribution in [2.45, 2.75) is 51.6 Å². The zero-order valence-electron chi connectivity index (χ0n) is 9.76. The molecule has 0 aromatic heterocycles. The molecule has 0 aromatic carbocycles. The molecule has 0 aromatic rings. The zero-order chi connectivity index (χ0) is 11.7. The molecule has 1 saturated carbocycles. The van der Waals surface area contributed by atoms with Crippen LogP contribution in [0.15, 0.2) is 0 Å². The van der Waals surface area contributed by atoms with E-state index in [0.717, 1.165) is 19.3 Å². The van der Waals surface area contributed by atoms with Crippen LogP contribution in [0.2, 0.25) is 0 Å². The molecular weight excluding hydrogens is 188 g/mol. The van der Waals surface area contributed by atoms with Gasteiger partial charge in [0, 0.05) is 6.04 Å². The summed E-state index contributed by atoms with van der Waals surface area (Å²) in [6.45, 7) is 5.55. The van der Waals surface area contributed by atoms with Crippen LogP contribution in [0.1, 0.15) is 40.0 Å².